The monoisotopic (exact) mass is 218 g/mol. The van der Waals surface area contributed by atoms with Gasteiger partial charge < -0.3 is 9.14 Å². The summed E-state index contributed by atoms with van der Waals surface area (Å²) in [6, 6.07) is 3.57. The van der Waals surface area contributed by atoms with Crippen LogP contribution in [-0.2, 0) is 4.74 Å². The molecule has 0 aliphatic heterocycles. The fourth-order valence-electron chi connectivity index (χ4n) is 1.75. The van der Waals surface area contributed by atoms with Crippen LogP contribution in [0.2, 0.25) is 0 Å². The smallest absolute Gasteiger partial charge is 0.340 e. The summed E-state index contributed by atoms with van der Waals surface area (Å²) in [7, 11) is 1.38. The number of hydrogen-bond acceptors (Lipinski definition) is 3. The molecule has 0 aliphatic carbocycles. The average Bonchev–Trinajstić information content (AvgIpc) is 2.71. The molecule has 2 aromatic heterocycles. The third kappa shape index (κ3) is 1.56. The maximum atomic E-state index is 11.5. The Kier molecular flexibility index (Phi) is 2.64. The number of methoxy groups -OCH3 is 1. The zero-order chi connectivity index (χ0) is 11.7. The summed E-state index contributed by atoms with van der Waals surface area (Å²) in [5.41, 5.74) is 1.34. The number of fused-ring (bicyclic) bond motifs is 1. The SMILES string of the molecule is COC(=O)c1cccn2c(C(C)C)ncc12. The average molecular weight is 218 g/mol. The summed E-state index contributed by atoms with van der Waals surface area (Å²) in [4.78, 5) is 15.9. The van der Waals surface area contributed by atoms with E-state index in [1.165, 1.54) is 7.11 Å². The van der Waals surface area contributed by atoms with Crippen molar-refractivity contribution in [2.24, 2.45) is 0 Å². The van der Waals surface area contributed by atoms with Gasteiger partial charge in [0.1, 0.15) is 5.82 Å². The van der Waals surface area contributed by atoms with Gasteiger partial charge in [-0.15, -0.1) is 0 Å². The van der Waals surface area contributed by atoms with Gasteiger partial charge in [0.15, 0.2) is 0 Å². The lowest BCUT2D eigenvalue weighted by atomic mass is 10.2. The van der Waals surface area contributed by atoms with Gasteiger partial charge in [0, 0.05) is 12.1 Å². The van der Waals surface area contributed by atoms with Crippen LogP contribution in [0.25, 0.3) is 5.52 Å². The Morgan fingerprint density at radius 3 is 2.88 bits per heavy atom. The van der Waals surface area contributed by atoms with E-state index in [1.54, 1.807) is 12.3 Å². The molecule has 0 radical (unpaired) electrons. The molecule has 0 bridgehead atoms. The molecule has 16 heavy (non-hydrogen) atoms. The predicted octanol–water partition coefficient (Wildman–Crippen LogP) is 2.24. The Hall–Kier alpha value is -1.84. The molecule has 0 aromatic carbocycles. The maximum absolute atomic E-state index is 11.5. The van der Waals surface area contributed by atoms with E-state index < -0.39 is 0 Å². The second-order valence-electron chi connectivity index (χ2n) is 3.94. The normalized spacial score (nSPS) is 11.0. The summed E-state index contributed by atoms with van der Waals surface area (Å²) in [5.74, 6) is 0.928. The zero-order valence-corrected chi connectivity index (χ0v) is 9.60. The van der Waals surface area contributed by atoms with E-state index in [4.69, 9.17) is 4.74 Å². The number of rotatable bonds is 2. The van der Waals surface area contributed by atoms with Crippen molar-refractivity contribution in [1.29, 1.82) is 0 Å². The van der Waals surface area contributed by atoms with E-state index in [0.717, 1.165) is 11.3 Å². The fraction of sp³-hybridized carbons (Fsp3) is 0.333. The molecule has 0 saturated heterocycles. The highest BCUT2D eigenvalue weighted by Crippen LogP contribution is 2.18. The Morgan fingerprint density at radius 2 is 2.25 bits per heavy atom. The highest BCUT2D eigenvalue weighted by Gasteiger charge is 2.14. The van der Waals surface area contributed by atoms with Crippen molar-refractivity contribution >= 4 is 11.5 Å². The zero-order valence-electron chi connectivity index (χ0n) is 9.60. The Labute approximate surface area is 93.9 Å². The summed E-state index contributed by atoms with van der Waals surface area (Å²) in [5, 5.41) is 0. The maximum Gasteiger partial charge on any atom is 0.340 e. The number of carbonyl (C=O) groups is 1. The van der Waals surface area contributed by atoms with Gasteiger partial charge in [-0.1, -0.05) is 13.8 Å². The number of pyridine rings is 1. The van der Waals surface area contributed by atoms with Gasteiger partial charge in [0.05, 0.1) is 24.4 Å². The molecule has 0 saturated carbocycles. The van der Waals surface area contributed by atoms with Crippen LogP contribution in [-0.4, -0.2) is 22.5 Å². The second kappa shape index (κ2) is 3.96. The minimum Gasteiger partial charge on any atom is -0.465 e. The first kappa shape index (κ1) is 10.7. The van der Waals surface area contributed by atoms with Crippen LogP contribution in [0.5, 0.6) is 0 Å². The molecule has 0 amide bonds. The lowest BCUT2D eigenvalue weighted by Crippen LogP contribution is -2.04. The van der Waals surface area contributed by atoms with E-state index in [1.807, 2.05) is 16.7 Å². The van der Waals surface area contributed by atoms with Gasteiger partial charge in [-0.25, -0.2) is 9.78 Å². The van der Waals surface area contributed by atoms with Crippen molar-refractivity contribution in [2.75, 3.05) is 7.11 Å². The molecular formula is C12H14N2O2. The van der Waals surface area contributed by atoms with Crippen molar-refractivity contribution in [1.82, 2.24) is 9.38 Å². The molecule has 0 unspecified atom stereocenters. The predicted molar refractivity (Wildman–Crippen MR) is 60.6 cm³/mol. The van der Waals surface area contributed by atoms with Gasteiger partial charge in [-0.05, 0) is 12.1 Å². The standard InChI is InChI=1S/C12H14N2O2/c1-8(2)11-13-7-10-9(12(15)16-3)5-4-6-14(10)11/h4-8H,1-3H3. The molecule has 84 valence electrons. The number of imidazole rings is 1. The topological polar surface area (TPSA) is 43.6 Å². The number of carbonyl (C=O) groups excluding carboxylic acids is 1. The minimum absolute atomic E-state index is 0.315. The summed E-state index contributed by atoms with van der Waals surface area (Å²) in [6.07, 6.45) is 3.62. The van der Waals surface area contributed by atoms with Gasteiger partial charge in [-0.3, -0.25) is 0 Å². The Morgan fingerprint density at radius 1 is 1.50 bits per heavy atom. The minimum atomic E-state index is -0.333. The summed E-state index contributed by atoms with van der Waals surface area (Å²) in [6.45, 7) is 4.14. The Balaban J connectivity index is 2.66. The van der Waals surface area contributed by atoms with Crippen molar-refractivity contribution < 1.29 is 9.53 Å². The number of esters is 1. The van der Waals surface area contributed by atoms with Crippen LogP contribution in [0.1, 0.15) is 35.9 Å². The van der Waals surface area contributed by atoms with Crippen LogP contribution in [0, 0.1) is 0 Å². The molecule has 2 aromatic rings. The van der Waals surface area contributed by atoms with Crippen LogP contribution < -0.4 is 0 Å². The summed E-state index contributed by atoms with van der Waals surface area (Å²) >= 11 is 0. The van der Waals surface area contributed by atoms with Crippen LogP contribution >= 0.6 is 0 Å². The highest BCUT2D eigenvalue weighted by molar-refractivity contribution is 5.96. The molecule has 4 nitrogen and oxygen atoms in total. The van der Waals surface area contributed by atoms with E-state index in [-0.39, 0.29) is 5.97 Å². The molecule has 0 N–H and O–H groups in total. The van der Waals surface area contributed by atoms with E-state index in [2.05, 4.69) is 18.8 Å². The Bertz CT molecular complexity index is 529. The number of nitrogens with zero attached hydrogens (tertiary/aromatic N) is 2. The van der Waals surface area contributed by atoms with Gasteiger partial charge in [-0.2, -0.15) is 0 Å². The van der Waals surface area contributed by atoms with Crippen molar-refractivity contribution in [2.45, 2.75) is 19.8 Å². The molecule has 2 rings (SSSR count). The molecule has 2 heterocycles. The number of aromatic nitrogens is 2. The molecule has 0 aliphatic rings. The molecule has 0 atom stereocenters. The lowest BCUT2D eigenvalue weighted by Gasteiger charge is -2.06. The third-order valence-electron chi connectivity index (χ3n) is 2.52. The largest absolute Gasteiger partial charge is 0.465 e. The van der Waals surface area contributed by atoms with Crippen LogP contribution in [0.15, 0.2) is 24.5 Å². The van der Waals surface area contributed by atoms with Crippen LogP contribution in [0.4, 0.5) is 0 Å². The molecule has 0 spiro atoms. The molecule has 4 heteroatoms. The van der Waals surface area contributed by atoms with Gasteiger partial charge in [0.2, 0.25) is 0 Å². The van der Waals surface area contributed by atoms with E-state index in [9.17, 15) is 4.79 Å². The van der Waals surface area contributed by atoms with Gasteiger partial charge in [0.25, 0.3) is 0 Å². The first-order chi connectivity index (χ1) is 7.65. The fourth-order valence-corrected chi connectivity index (χ4v) is 1.75. The van der Waals surface area contributed by atoms with Crippen molar-refractivity contribution in [3.8, 4) is 0 Å². The quantitative estimate of drug-likeness (QED) is 0.726. The number of hydrogen-bond donors (Lipinski definition) is 0. The molecular weight excluding hydrogens is 204 g/mol. The van der Waals surface area contributed by atoms with Crippen molar-refractivity contribution in [3.05, 3.63) is 35.9 Å². The third-order valence-corrected chi connectivity index (χ3v) is 2.52. The summed E-state index contributed by atoms with van der Waals surface area (Å²) < 4.78 is 6.66. The van der Waals surface area contributed by atoms with Crippen LogP contribution in [0.3, 0.4) is 0 Å². The second-order valence-corrected chi connectivity index (χ2v) is 3.94. The lowest BCUT2D eigenvalue weighted by molar-refractivity contribution is 0.0602. The van der Waals surface area contributed by atoms with Crippen molar-refractivity contribution in [3.63, 3.8) is 0 Å². The number of ether oxygens (including phenoxy) is 1. The molecule has 0 fully saturated rings. The first-order valence-corrected chi connectivity index (χ1v) is 5.19. The van der Waals surface area contributed by atoms with E-state index in [0.29, 0.717) is 11.5 Å². The van der Waals surface area contributed by atoms with E-state index >= 15 is 0 Å². The first-order valence-electron chi connectivity index (χ1n) is 5.19. The van der Waals surface area contributed by atoms with Gasteiger partial charge >= 0.3 is 5.97 Å². The highest BCUT2D eigenvalue weighted by atomic mass is 16.5.